The second-order valence-corrected chi connectivity index (χ2v) is 17.4. The molecule has 0 aromatic carbocycles. The molecule has 1 atom stereocenters. The van der Waals surface area contributed by atoms with Crippen LogP contribution in [0, 0.1) is 0 Å². The van der Waals surface area contributed by atoms with E-state index >= 15 is 0 Å². The molecule has 0 fully saturated rings. The van der Waals surface area contributed by atoms with Crippen LogP contribution >= 0.6 is 0 Å². The van der Waals surface area contributed by atoms with Gasteiger partial charge in [0, 0.05) is 19.3 Å². The first kappa shape index (κ1) is 59.1. The number of carbonyl (C=O) groups excluding carboxylic acids is 3. The van der Waals surface area contributed by atoms with Crippen molar-refractivity contribution < 1.29 is 28.6 Å². The van der Waals surface area contributed by atoms with E-state index in [0.717, 1.165) is 89.9 Å². The summed E-state index contributed by atoms with van der Waals surface area (Å²) in [5.41, 5.74) is 0. The molecule has 0 radical (unpaired) electrons. The highest BCUT2D eigenvalue weighted by molar-refractivity contribution is 5.71. The van der Waals surface area contributed by atoms with Crippen LogP contribution in [0.1, 0.15) is 258 Å². The molecule has 0 heterocycles. The van der Waals surface area contributed by atoms with Gasteiger partial charge in [-0.15, -0.1) is 0 Å². The Labute approximate surface area is 383 Å². The minimum absolute atomic E-state index is 0.0943. The van der Waals surface area contributed by atoms with E-state index in [-0.39, 0.29) is 31.1 Å². The van der Waals surface area contributed by atoms with Crippen molar-refractivity contribution in [1.82, 2.24) is 0 Å². The summed E-state index contributed by atoms with van der Waals surface area (Å²) < 4.78 is 16.7. The van der Waals surface area contributed by atoms with Crippen molar-refractivity contribution in [2.75, 3.05) is 13.2 Å². The van der Waals surface area contributed by atoms with Crippen molar-refractivity contribution in [1.29, 1.82) is 0 Å². The third-order valence-corrected chi connectivity index (χ3v) is 11.2. The number of hydrogen-bond acceptors (Lipinski definition) is 6. The fourth-order valence-corrected chi connectivity index (χ4v) is 7.27. The lowest BCUT2D eigenvalue weighted by molar-refractivity contribution is -0.167. The fraction of sp³-hybridized carbons (Fsp3) is 0.768. The first-order chi connectivity index (χ1) is 30.5. The fourth-order valence-electron chi connectivity index (χ4n) is 7.27. The van der Waals surface area contributed by atoms with Gasteiger partial charge in [0.1, 0.15) is 13.2 Å². The van der Waals surface area contributed by atoms with Gasteiger partial charge in [0.2, 0.25) is 0 Å². The second-order valence-electron chi connectivity index (χ2n) is 17.4. The monoisotopic (exact) mass is 867 g/mol. The van der Waals surface area contributed by atoms with E-state index < -0.39 is 6.10 Å². The van der Waals surface area contributed by atoms with E-state index in [0.29, 0.717) is 19.3 Å². The number of carbonyl (C=O) groups is 3. The lowest BCUT2D eigenvalue weighted by Crippen LogP contribution is -2.30. The molecular formula is C56H98O6. The third kappa shape index (κ3) is 48.1. The topological polar surface area (TPSA) is 78.9 Å². The van der Waals surface area contributed by atoms with E-state index in [9.17, 15) is 14.4 Å². The molecular weight excluding hydrogens is 769 g/mol. The van der Waals surface area contributed by atoms with Gasteiger partial charge >= 0.3 is 17.9 Å². The summed E-state index contributed by atoms with van der Waals surface area (Å²) in [6.45, 7) is 6.47. The van der Waals surface area contributed by atoms with Crippen LogP contribution in [0.3, 0.4) is 0 Å². The maximum absolute atomic E-state index is 12.8. The zero-order valence-electron chi connectivity index (χ0n) is 40.9. The van der Waals surface area contributed by atoms with Gasteiger partial charge in [-0.3, -0.25) is 14.4 Å². The van der Waals surface area contributed by atoms with Crippen LogP contribution in [-0.4, -0.2) is 37.2 Å². The summed E-state index contributed by atoms with van der Waals surface area (Å²) in [6, 6.07) is 0. The minimum Gasteiger partial charge on any atom is -0.462 e. The standard InChI is InChI=1S/C56H98O6/c1-4-7-10-13-16-19-22-25-26-27-28-29-30-32-34-37-40-43-46-49-55(58)61-52-53(51-60-54(57)48-45-42-39-36-33-24-21-18-15-12-9-6-3)62-56(59)50-47-44-41-38-35-31-23-20-17-14-11-8-5-2/h9,12,18,21,27-28,31,33,35-36,53H,4-8,10-11,13-17,19-20,22-26,29-30,32,34,37-52H2,1-3H3/b12-9-,21-18-,28-27-,35-31-,36-33-. The van der Waals surface area contributed by atoms with Crippen molar-refractivity contribution in [3.63, 3.8) is 0 Å². The number of hydrogen-bond donors (Lipinski definition) is 0. The summed E-state index contributed by atoms with van der Waals surface area (Å²) >= 11 is 0. The Morgan fingerprint density at radius 1 is 0.339 bits per heavy atom. The molecule has 0 N–H and O–H groups in total. The maximum atomic E-state index is 12.8. The van der Waals surface area contributed by atoms with Crippen LogP contribution in [0.2, 0.25) is 0 Å². The van der Waals surface area contributed by atoms with Gasteiger partial charge in [-0.05, 0) is 103 Å². The summed E-state index contributed by atoms with van der Waals surface area (Å²) in [4.78, 5) is 37.9. The van der Waals surface area contributed by atoms with Crippen LogP contribution < -0.4 is 0 Å². The normalized spacial score (nSPS) is 12.5. The first-order valence-electron chi connectivity index (χ1n) is 26.3. The minimum atomic E-state index is -0.797. The van der Waals surface area contributed by atoms with Crippen LogP contribution in [0.25, 0.3) is 0 Å². The van der Waals surface area contributed by atoms with Gasteiger partial charge in [0.05, 0.1) is 0 Å². The average Bonchev–Trinajstić information content (AvgIpc) is 3.27. The molecule has 0 bridgehead atoms. The number of ether oxygens (including phenoxy) is 3. The lowest BCUT2D eigenvalue weighted by Gasteiger charge is -2.18. The Kier molecular flexibility index (Phi) is 48.4. The Bertz CT molecular complexity index is 1130. The Hall–Kier alpha value is -2.89. The largest absolute Gasteiger partial charge is 0.462 e. The van der Waals surface area contributed by atoms with Crippen molar-refractivity contribution in [2.24, 2.45) is 0 Å². The van der Waals surface area contributed by atoms with Crippen LogP contribution in [-0.2, 0) is 28.6 Å². The van der Waals surface area contributed by atoms with Crippen LogP contribution in [0.4, 0.5) is 0 Å². The molecule has 6 nitrogen and oxygen atoms in total. The zero-order valence-corrected chi connectivity index (χ0v) is 40.9. The molecule has 358 valence electrons. The SMILES string of the molecule is CC/C=C\C/C=C\C/C=C\CCCCC(=O)OCC(COC(=O)CCCCCCCCC/C=C\CCCCCCCCCC)OC(=O)CCCCC/C=C\CCCCCCCC. The Morgan fingerprint density at radius 2 is 0.629 bits per heavy atom. The van der Waals surface area contributed by atoms with Gasteiger partial charge in [0.15, 0.2) is 6.10 Å². The molecule has 1 unspecified atom stereocenters. The highest BCUT2D eigenvalue weighted by Crippen LogP contribution is 2.14. The van der Waals surface area contributed by atoms with E-state index in [1.165, 1.54) is 128 Å². The van der Waals surface area contributed by atoms with Crippen LogP contribution in [0.5, 0.6) is 0 Å². The molecule has 62 heavy (non-hydrogen) atoms. The quantitative estimate of drug-likeness (QED) is 0.0262. The van der Waals surface area contributed by atoms with Gasteiger partial charge in [-0.1, -0.05) is 197 Å². The molecule has 0 saturated carbocycles. The van der Waals surface area contributed by atoms with Crippen molar-refractivity contribution >= 4 is 17.9 Å². The molecule has 6 heteroatoms. The summed E-state index contributed by atoms with van der Waals surface area (Å²) in [7, 11) is 0. The zero-order chi connectivity index (χ0) is 45.1. The highest BCUT2D eigenvalue weighted by atomic mass is 16.6. The number of esters is 3. The third-order valence-electron chi connectivity index (χ3n) is 11.2. The summed E-state index contributed by atoms with van der Waals surface area (Å²) in [5, 5.41) is 0. The lowest BCUT2D eigenvalue weighted by atomic mass is 10.1. The Morgan fingerprint density at radius 3 is 1.05 bits per heavy atom. The van der Waals surface area contributed by atoms with E-state index in [1.54, 1.807) is 0 Å². The van der Waals surface area contributed by atoms with E-state index in [4.69, 9.17) is 14.2 Å². The highest BCUT2D eigenvalue weighted by Gasteiger charge is 2.19. The smallest absolute Gasteiger partial charge is 0.306 e. The number of allylic oxidation sites excluding steroid dienone is 10. The van der Waals surface area contributed by atoms with Crippen LogP contribution in [0.15, 0.2) is 60.8 Å². The molecule has 0 amide bonds. The van der Waals surface area contributed by atoms with Gasteiger partial charge < -0.3 is 14.2 Å². The predicted octanol–water partition coefficient (Wildman–Crippen LogP) is 17.3. The molecule has 0 saturated heterocycles. The van der Waals surface area contributed by atoms with Gasteiger partial charge in [-0.25, -0.2) is 0 Å². The molecule has 0 aromatic rings. The number of rotatable bonds is 47. The molecule has 0 spiro atoms. The average molecular weight is 867 g/mol. The summed E-state index contributed by atoms with van der Waals surface area (Å²) in [5.74, 6) is -0.952. The van der Waals surface area contributed by atoms with E-state index in [1.807, 2.05) is 0 Å². The molecule has 0 aliphatic heterocycles. The van der Waals surface area contributed by atoms with Gasteiger partial charge in [0.25, 0.3) is 0 Å². The van der Waals surface area contributed by atoms with Crippen molar-refractivity contribution in [3.05, 3.63) is 60.8 Å². The molecule has 0 aromatic heterocycles. The predicted molar refractivity (Wildman–Crippen MR) is 265 cm³/mol. The van der Waals surface area contributed by atoms with Crippen molar-refractivity contribution in [2.45, 2.75) is 264 Å². The van der Waals surface area contributed by atoms with Crippen molar-refractivity contribution in [3.8, 4) is 0 Å². The molecule has 0 aliphatic carbocycles. The second kappa shape index (κ2) is 50.8. The molecule has 0 rings (SSSR count). The van der Waals surface area contributed by atoms with E-state index in [2.05, 4.69) is 81.5 Å². The Balaban J connectivity index is 4.38. The maximum Gasteiger partial charge on any atom is 0.306 e. The summed E-state index contributed by atoms with van der Waals surface area (Å²) in [6.07, 6.45) is 62.2. The number of unbranched alkanes of at least 4 members (excludes halogenated alkanes) is 26. The first-order valence-corrected chi connectivity index (χ1v) is 26.3. The molecule has 0 aliphatic rings. The van der Waals surface area contributed by atoms with Gasteiger partial charge in [-0.2, -0.15) is 0 Å².